The molecule has 1 atom stereocenters. The quantitative estimate of drug-likeness (QED) is 0.347. The van der Waals surface area contributed by atoms with Gasteiger partial charge in [-0.3, -0.25) is 9.69 Å². The Morgan fingerprint density at radius 3 is 2.34 bits per heavy atom. The van der Waals surface area contributed by atoms with Gasteiger partial charge in [-0.15, -0.1) is 11.3 Å². The molecule has 0 spiro atoms. The largest absolute Gasteiger partial charge is 0.459 e. The zero-order chi connectivity index (χ0) is 24.4. The van der Waals surface area contributed by atoms with E-state index in [9.17, 15) is 9.18 Å². The summed E-state index contributed by atoms with van der Waals surface area (Å²) in [5, 5.41) is 3.89. The molecular formula is C28H28FN3O2S. The van der Waals surface area contributed by atoms with Crippen molar-refractivity contribution in [3.8, 4) is 0 Å². The van der Waals surface area contributed by atoms with E-state index < -0.39 is 0 Å². The predicted octanol–water partition coefficient (Wildman–Crippen LogP) is 6.26. The number of carbonyl (C=O) groups is 1. The second-order valence-electron chi connectivity index (χ2n) is 8.77. The lowest BCUT2D eigenvalue weighted by molar-refractivity contribution is 0.0996. The molecule has 0 bridgehead atoms. The number of aryl methyl sites for hydroxylation is 1. The number of para-hydroxylation sites is 1. The number of hydrogen-bond acceptors (Lipinski definition) is 5. The molecule has 0 radical (unpaired) electrons. The van der Waals surface area contributed by atoms with Gasteiger partial charge in [0.2, 0.25) is 0 Å². The summed E-state index contributed by atoms with van der Waals surface area (Å²) >= 11 is 1.57. The van der Waals surface area contributed by atoms with Gasteiger partial charge < -0.3 is 14.6 Å². The van der Waals surface area contributed by atoms with Gasteiger partial charge in [-0.05, 0) is 61.4 Å². The molecule has 0 unspecified atom stereocenters. The predicted molar refractivity (Wildman–Crippen MR) is 139 cm³/mol. The maximum Gasteiger partial charge on any atom is 0.291 e. The van der Waals surface area contributed by atoms with Gasteiger partial charge in [0.15, 0.2) is 5.76 Å². The second kappa shape index (κ2) is 10.1. The van der Waals surface area contributed by atoms with Crippen LogP contribution in [0.15, 0.2) is 77.4 Å². The fourth-order valence-electron chi connectivity index (χ4n) is 4.72. The molecular weight excluding hydrogens is 461 g/mol. The summed E-state index contributed by atoms with van der Waals surface area (Å²) in [7, 11) is 0. The third kappa shape index (κ3) is 4.88. The highest BCUT2D eigenvalue weighted by Gasteiger charge is 2.32. The second-order valence-corrected chi connectivity index (χ2v) is 9.99. The van der Waals surface area contributed by atoms with Crippen molar-refractivity contribution in [1.82, 2.24) is 4.90 Å². The third-order valence-electron chi connectivity index (χ3n) is 6.66. The van der Waals surface area contributed by atoms with Crippen molar-refractivity contribution < 1.29 is 13.6 Å². The van der Waals surface area contributed by atoms with Gasteiger partial charge in [0.05, 0.1) is 12.3 Å². The van der Waals surface area contributed by atoms with Gasteiger partial charge in [0.25, 0.3) is 5.91 Å². The van der Waals surface area contributed by atoms with Crippen LogP contribution in [0.3, 0.4) is 0 Å². The first-order valence-electron chi connectivity index (χ1n) is 11.8. The molecule has 1 saturated heterocycles. The van der Waals surface area contributed by atoms with E-state index in [1.54, 1.807) is 23.5 Å². The van der Waals surface area contributed by atoms with Crippen LogP contribution in [0.2, 0.25) is 0 Å². The van der Waals surface area contributed by atoms with Crippen molar-refractivity contribution in [3.63, 3.8) is 0 Å². The minimum Gasteiger partial charge on any atom is -0.459 e. The Labute approximate surface area is 208 Å². The van der Waals surface area contributed by atoms with Crippen LogP contribution in [0.25, 0.3) is 0 Å². The number of piperazine rings is 1. The number of carbonyl (C=O) groups excluding carboxylic acids is 1. The van der Waals surface area contributed by atoms with Crippen LogP contribution in [0.4, 0.5) is 15.1 Å². The number of halogens is 1. The molecule has 1 aliphatic heterocycles. The normalized spacial score (nSPS) is 15.2. The zero-order valence-corrected chi connectivity index (χ0v) is 20.6. The Morgan fingerprint density at radius 2 is 1.69 bits per heavy atom. The van der Waals surface area contributed by atoms with Crippen LogP contribution in [-0.2, 0) is 0 Å². The molecule has 0 saturated carbocycles. The first-order valence-corrected chi connectivity index (χ1v) is 12.6. The van der Waals surface area contributed by atoms with Crippen molar-refractivity contribution >= 4 is 27.9 Å². The molecule has 2 aromatic heterocycles. The smallest absolute Gasteiger partial charge is 0.291 e. The average Bonchev–Trinajstić information content (AvgIpc) is 3.51. The number of hydrogen-bond donors (Lipinski definition) is 1. The molecule has 1 fully saturated rings. The molecule has 3 heterocycles. The molecule has 1 N–H and O–H groups in total. The van der Waals surface area contributed by atoms with Crippen LogP contribution < -0.4 is 10.2 Å². The van der Waals surface area contributed by atoms with Crippen molar-refractivity contribution in [2.75, 3.05) is 36.4 Å². The monoisotopic (exact) mass is 489 g/mol. The van der Waals surface area contributed by atoms with Crippen LogP contribution in [0, 0.1) is 19.7 Å². The number of nitrogens with one attached hydrogen (secondary N) is 1. The minimum atomic E-state index is -0.274. The zero-order valence-electron chi connectivity index (χ0n) is 19.8. The average molecular weight is 490 g/mol. The molecule has 35 heavy (non-hydrogen) atoms. The maximum atomic E-state index is 13.8. The van der Waals surface area contributed by atoms with Gasteiger partial charge >= 0.3 is 0 Å². The van der Waals surface area contributed by atoms with Crippen LogP contribution >= 0.6 is 11.3 Å². The molecule has 4 aromatic rings. The van der Waals surface area contributed by atoms with E-state index in [1.165, 1.54) is 24.1 Å². The highest BCUT2D eigenvalue weighted by Crippen LogP contribution is 2.43. The van der Waals surface area contributed by atoms with Crippen molar-refractivity contribution in [2.24, 2.45) is 0 Å². The summed E-state index contributed by atoms with van der Waals surface area (Å²) in [6.07, 6.45) is 1.49. The minimum absolute atomic E-state index is 0.106. The van der Waals surface area contributed by atoms with Crippen LogP contribution in [0.5, 0.6) is 0 Å². The summed E-state index contributed by atoms with van der Waals surface area (Å²) < 4.78 is 19.1. The van der Waals surface area contributed by atoms with E-state index >= 15 is 0 Å². The molecule has 0 aliphatic carbocycles. The Morgan fingerprint density at radius 1 is 0.971 bits per heavy atom. The van der Waals surface area contributed by atoms with Crippen LogP contribution in [0.1, 0.15) is 38.2 Å². The lowest BCUT2D eigenvalue weighted by Crippen LogP contribution is -2.48. The summed E-state index contributed by atoms with van der Waals surface area (Å²) in [5.41, 5.74) is 4.44. The summed E-state index contributed by atoms with van der Waals surface area (Å²) in [6.45, 7) is 7.63. The van der Waals surface area contributed by atoms with E-state index in [-0.39, 0.29) is 23.5 Å². The number of thiophene rings is 1. The highest BCUT2D eigenvalue weighted by atomic mass is 32.1. The molecule has 1 aliphatic rings. The van der Waals surface area contributed by atoms with Gasteiger partial charge in [0.1, 0.15) is 10.8 Å². The molecule has 2 aromatic carbocycles. The van der Waals surface area contributed by atoms with Gasteiger partial charge in [-0.1, -0.05) is 30.3 Å². The third-order valence-corrected chi connectivity index (χ3v) is 7.80. The number of nitrogens with zero attached hydrogens (tertiary/aromatic N) is 2. The molecule has 5 nitrogen and oxygen atoms in total. The Balaban J connectivity index is 1.49. The first kappa shape index (κ1) is 23.3. The van der Waals surface area contributed by atoms with E-state index in [0.29, 0.717) is 0 Å². The lowest BCUT2D eigenvalue weighted by Gasteiger charge is -2.41. The maximum absolute atomic E-state index is 13.8. The van der Waals surface area contributed by atoms with Gasteiger partial charge in [-0.2, -0.15) is 0 Å². The highest BCUT2D eigenvalue weighted by molar-refractivity contribution is 7.16. The number of rotatable bonds is 6. The fourth-order valence-corrected chi connectivity index (χ4v) is 5.81. The Hall–Kier alpha value is -3.42. The van der Waals surface area contributed by atoms with Crippen molar-refractivity contribution in [1.29, 1.82) is 0 Å². The molecule has 180 valence electrons. The molecule has 1 amide bonds. The topological polar surface area (TPSA) is 48.7 Å². The van der Waals surface area contributed by atoms with Gasteiger partial charge in [-0.25, -0.2) is 4.39 Å². The number of benzene rings is 2. The van der Waals surface area contributed by atoms with Crippen LogP contribution in [-0.4, -0.2) is 37.0 Å². The standard InChI is InChI=1S/C28H28FN3O2S/c1-19-20(2)35-28(30-27(33)24-9-6-18-34-24)25(19)26(21-10-12-22(29)13-11-21)32-16-14-31(15-17-32)23-7-4-3-5-8-23/h3-13,18,26H,14-17H2,1-2H3,(H,30,33)/t26-/m1/s1. The molecule has 7 heteroatoms. The molecule has 5 rings (SSSR count). The van der Waals surface area contributed by atoms with E-state index in [1.807, 2.05) is 18.2 Å². The summed E-state index contributed by atoms with van der Waals surface area (Å²) in [6, 6.07) is 20.4. The summed E-state index contributed by atoms with van der Waals surface area (Å²) in [5.74, 6) is -0.260. The summed E-state index contributed by atoms with van der Waals surface area (Å²) in [4.78, 5) is 18.8. The van der Waals surface area contributed by atoms with E-state index in [0.717, 1.165) is 52.7 Å². The first-order chi connectivity index (χ1) is 17.0. The van der Waals surface area contributed by atoms with Gasteiger partial charge in [0, 0.05) is 42.3 Å². The number of furan rings is 1. The number of amides is 1. The SMILES string of the molecule is Cc1sc(NC(=O)c2ccco2)c([C@@H](c2ccc(F)cc2)N2CCN(c3ccccc3)CC2)c1C. The van der Waals surface area contributed by atoms with Crippen molar-refractivity contribution in [2.45, 2.75) is 19.9 Å². The van der Waals surface area contributed by atoms with E-state index in [2.05, 4.69) is 53.2 Å². The Kier molecular flexibility index (Phi) is 6.70. The fraction of sp³-hybridized carbons (Fsp3) is 0.250. The van der Waals surface area contributed by atoms with Crippen molar-refractivity contribution in [3.05, 3.63) is 106 Å². The number of anilines is 2. The Bertz CT molecular complexity index is 1280. The van der Waals surface area contributed by atoms with E-state index in [4.69, 9.17) is 4.42 Å². The lowest BCUT2D eigenvalue weighted by atomic mass is 9.94.